The van der Waals surface area contributed by atoms with Crippen LogP contribution in [0, 0.1) is 27.3 Å². The highest BCUT2D eigenvalue weighted by Gasteiger charge is 2.18. The van der Waals surface area contributed by atoms with Crippen molar-refractivity contribution in [1.29, 1.82) is 5.26 Å². The van der Waals surface area contributed by atoms with Crippen molar-refractivity contribution in [2.24, 2.45) is 0 Å². The molecular formula is C24H17BrFN3O5. The molecule has 0 aliphatic heterocycles. The third kappa shape index (κ3) is 5.76. The number of halogens is 2. The maximum Gasteiger partial charge on any atom is 0.292 e. The van der Waals surface area contributed by atoms with Gasteiger partial charge in [0.25, 0.3) is 11.6 Å². The number of nitro benzene ring substituents is 1. The summed E-state index contributed by atoms with van der Waals surface area (Å²) in [7, 11) is 1.41. The Morgan fingerprint density at radius 1 is 1.24 bits per heavy atom. The number of benzene rings is 3. The number of carbonyl (C=O) groups excluding carboxylic acids is 1. The number of nitrogens with zero attached hydrogens (tertiary/aromatic N) is 2. The van der Waals surface area contributed by atoms with Crippen molar-refractivity contribution in [2.75, 3.05) is 12.4 Å². The Bertz CT molecular complexity index is 1320. The molecule has 0 bridgehead atoms. The molecule has 3 rings (SSSR count). The molecule has 8 nitrogen and oxygen atoms in total. The van der Waals surface area contributed by atoms with Gasteiger partial charge in [-0.05, 0) is 51.8 Å². The number of amides is 1. The van der Waals surface area contributed by atoms with E-state index in [1.54, 1.807) is 30.3 Å². The minimum absolute atomic E-state index is 0.0331. The highest BCUT2D eigenvalue weighted by Crippen LogP contribution is 2.38. The Morgan fingerprint density at radius 3 is 2.62 bits per heavy atom. The number of hydrogen-bond donors (Lipinski definition) is 1. The van der Waals surface area contributed by atoms with E-state index in [1.165, 1.54) is 49.6 Å². The molecule has 0 saturated heterocycles. The Kier molecular flexibility index (Phi) is 7.95. The van der Waals surface area contributed by atoms with E-state index in [4.69, 9.17) is 9.47 Å². The molecule has 0 aliphatic carbocycles. The Hall–Kier alpha value is -4.23. The van der Waals surface area contributed by atoms with E-state index in [9.17, 15) is 24.6 Å². The van der Waals surface area contributed by atoms with Gasteiger partial charge in [0.15, 0.2) is 11.5 Å². The fourth-order valence-corrected chi connectivity index (χ4v) is 3.55. The summed E-state index contributed by atoms with van der Waals surface area (Å²) in [4.78, 5) is 23.1. The Labute approximate surface area is 202 Å². The number of rotatable bonds is 8. The summed E-state index contributed by atoms with van der Waals surface area (Å²) >= 11 is 3.37. The predicted molar refractivity (Wildman–Crippen MR) is 127 cm³/mol. The van der Waals surface area contributed by atoms with Gasteiger partial charge in [-0.3, -0.25) is 14.9 Å². The van der Waals surface area contributed by atoms with E-state index in [0.29, 0.717) is 21.3 Å². The van der Waals surface area contributed by atoms with Crippen LogP contribution in [0.15, 0.2) is 70.7 Å². The topological polar surface area (TPSA) is 114 Å². The minimum Gasteiger partial charge on any atom is -0.493 e. The van der Waals surface area contributed by atoms with Gasteiger partial charge >= 0.3 is 0 Å². The molecule has 0 aliphatic rings. The first-order valence-electron chi connectivity index (χ1n) is 9.74. The lowest BCUT2D eigenvalue weighted by molar-refractivity contribution is -0.383. The van der Waals surface area contributed by atoms with Gasteiger partial charge in [-0.1, -0.05) is 30.3 Å². The molecule has 0 saturated carbocycles. The molecule has 1 N–H and O–H groups in total. The summed E-state index contributed by atoms with van der Waals surface area (Å²) in [5.41, 5.74) is 0.172. The second-order valence-electron chi connectivity index (χ2n) is 6.81. The number of hydrogen-bond acceptors (Lipinski definition) is 6. The zero-order valence-electron chi connectivity index (χ0n) is 17.7. The van der Waals surface area contributed by atoms with Gasteiger partial charge in [-0.15, -0.1) is 0 Å². The number of nitriles is 1. The number of nitrogens with one attached hydrogen (secondary N) is 1. The van der Waals surface area contributed by atoms with Gasteiger partial charge < -0.3 is 14.8 Å². The monoisotopic (exact) mass is 525 g/mol. The number of ether oxygens (including phenoxy) is 2. The molecule has 0 spiro atoms. The van der Waals surface area contributed by atoms with Crippen LogP contribution in [0.2, 0.25) is 0 Å². The van der Waals surface area contributed by atoms with Gasteiger partial charge in [0.05, 0.1) is 16.5 Å². The van der Waals surface area contributed by atoms with Crippen molar-refractivity contribution in [3.05, 3.63) is 97.8 Å². The maximum atomic E-state index is 13.9. The SMILES string of the molecule is COc1cc(C=C(C#N)C(=O)Nc2ccccc2[N+](=O)[O-])cc(Br)c1OCc1ccccc1F. The number of carbonyl (C=O) groups is 1. The summed E-state index contributed by atoms with van der Waals surface area (Å²) < 4.78 is 25.4. The average molecular weight is 526 g/mol. The van der Waals surface area contributed by atoms with Crippen LogP contribution in [-0.4, -0.2) is 17.9 Å². The highest BCUT2D eigenvalue weighted by molar-refractivity contribution is 9.10. The van der Waals surface area contributed by atoms with Crippen LogP contribution < -0.4 is 14.8 Å². The van der Waals surface area contributed by atoms with Crippen molar-refractivity contribution in [1.82, 2.24) is 0 Å². The molecule has 3 aromatic carbocycles. The van der Waals surface area contributed by atoms with Crippen LogP contribution in [0.5, 0.6) is 11.5 Å². The fraction of sp³-hybridized carbons (Fsp3) is 0.0833. The second kappa shape index (κ2) is 11.1. The molecule has 172 valence electrons. The lowest BCUT2D eigenvalue weighted by Crippen LogP contribution is -2.14. The second-order valence-corrected chi connectivity index (χ2v) is 7.67. The quantitative estimate of drug-likeness (QED) is 0.176. The Balaban J connectivity index is 1.85. The van der Waals surface area contributed by atoms with Gasteiger partial charge in [0.2, 0.25) is 0 Å². The van der Waals surface area contributed by atoms with Crippen LogP contribution in [0.1, 0.15) is 11.1 Å². The minimum atomic E-state index is -0.813. The van der Waals surface area contributed by atoms with E-state index >= 15 is 0 Å². The van der Waals surface area contributed by atoms with Crippen LogP contribution in [0.3, 0.4) is 0 Å². The van der Waals surface area contributed by atoms with E-state index in [-0.39, 0.29) is 29.3 Å². The third-order valence-corrected chi connectivity index (χ3v) is 5.20. The summed E-state index contributed by atoms with van der Waals surface area (Å²) in [6, 6.07) is 16.7. The zero-order valence-corrected chi connectivity index (χ0v) is 19.3. The third-order valence-electron chi connectivity index (χ3n) is 4.61. The van der Waals surface area contributed by atoms with Gasteiger partial charge in [-0.25, -0.2) is 4.39 Å². The van der Waals surface area contributed by atoms with Crippen molar-refractivity contribution in [3.63, 3.8) is 0 Å². The molecule has 34 heavy (non-hydrogen) atoms. The molecule has 0 atom stereocenters. The van der Waals surface area contributed by atoms with E-state index in [2.05, 4.69) is 21.2 Å². The molecule has 0 radical (unpaired) electrons. The molecule has 0 unspecified atom stereocenters. The van der Waals surface area contributed by atoms with Crippen molar-refractivity contribution in [2.45, 2.75) is 6.61 Å². The first kappa shape index (κ1) is 24.4. The Morgan fingerprint density at radius 2 is 1.94 bits per heavy atom. The number of methoxy groups -OCH3 is 1. The number of para-hydroxylation sites is 2. The van der Waals surface area contributed by atoms with E-state index < -0.39 is 16.6 Å². The van der Waals surface area contributed by atoms with Crippen LogP contribution in [0.4, 0.5) is 15.8 Å². The maximum absolute atomic E-state index is 13.9. The van der Waals surface area contributed by atoms with E-state index in [0.717, 1.165) is 0 Å². The molecule has 0 fully saturated rings. The number of nitro groups is 1. The molecule has 1 amide bonds. The van der Waals surface area contributed by atoms with Gasteiger partial charge in [-0.2, -0.15) is 5.26 Å². The van der Waals surface area contributed by atoms with Crippen molar-refractivity contribution < 1.29 is 23.6 Å². The van der Waals surface area contributed by atoms with Gasteiger partial charge in [0, 0.05) is 11.6 Å². The predicted octanol–water partition coefficient (Wildman–Crippen LogP) is 5.63. The molecular weight excluding hydrogens is 509 g/mol. The first-order valence-corrected chi connectivity index (χ1v) is 10.5. The van der Waals surface area contributed by atoms with Crippen LogP contribution in [-0.2, 0) is 11.4 Å². The summed E-state index contributed by atoms with van der Waals surface area (Å²) in [5, 5.41) is 23.0. The standard InChI is InChI=1S/C24H17BrFN3O5/c1-33-22-12-15(11-18(25)23(22)34-14-16-6-2-3-7-19(16)26)10-17(13-27)24(30)28-20-8-4-5-9-21(20)29(31)32/h2-12H,14H2,1H3,(H,28,30). The fourth-order valence-electron chi connectivity index (χ4n) is 2.97. The van der Waals surface area contributed by atoms with Gasteiger partial charge in [0.1, 0.15) is 29.8 Å². The molecule has 0 heterocycles. The number of anilines is 1. The lowest BCUT2D eigenvalue weighted by Gasteiger charge is -2.14. The lowest BCUT2D eigenvalue weighted by atomic mass is 10.1. The molecule has 3 aromatic rings. The smallest absolute Gasteiger partial charge is 0.292 e. The summed E-state index contributed by atoms with van der Waals surface area (Å²) in [6.07, 6.45) is 1.30. The highest BCUT2D eigenvalue weighted by atomic mass is 79.9. The first-order chi connectivity index (χ1) is 16.3. The molecule has 0 aromatic heterocycles. The summed E-state index contributed by atoms with van der Waals surface area (Å²) in [5.74, 6) is -0.619. The van der Waals surface area contributed by atoms with Crippen LogP contribution >= 0.6 is 15.9 Å². The van der Waals surface area contributed by atoms with Crippen molar-refractivity contribution in [3.8, 4) is 17.6 Å². The normalized spacial score (nSPS) is 10.8. The van der Waals surface area contributed by atoms with E-state index in [1.807, 2.05) is 0 Å². The molecule has 10 heteroatoms. The summed E-state index contributed by atoms with van der Waals surface area (Å²) in [6.45, 7) is -0.0431. The average Bonchev–Trinajstić information content (AvgIpc) is 2.82. The van der Waals surface area contributed by atoms with Crippen LogP contribution in [0.25, 0.3) is 6.08 Å². The zero-order chi connectivity index (χ0) is 24.7. The van der Waals surface area contributed by atoms with Crippen molar-refractivity contribution >= 4 is 39.3 Å². The largest absolute Gasteiger partial charge is 0.493 e.